The van der Waals surface area contributed by atoms with Crippen LogP contribution in [0.2, 0.25) is 0 Å². The second-order valence-electron chi connectivity index (χ2n) is 5.33. The van der Waals surface area contributed by atoms with Crippen molar-refractivity contribution in [1.82, 2.24) is 20.0 Å². The number of nitrogens with zero attached hydrogens (tertiary/aromatic N) is 4. The molecular formula is C17H17N5O2. The largest absolute Gasteiger partial charge is 0.360 e. The van der Waals surface area contributed by atoms with Crippen LogP contribution >= 0.6 is 0 Å². The Morgan fingerprint density at radius 3 is 2.58 bits per heavy atom. The Morgan fingerprint density at radius 1 is 1.12 bits per heavy atom. The van der Waals surface area contributed by atoms with Gasteiger partial charge in [-0.25, -0.2) is 4.79 Å². The van der Waals surface area contributed by atoms with Crippen molar-refractivity contribution in [3.8, 4) is 0 Å². The number of urea groups is 1. The number of pyridine rings is 2. The Bertz CT molecular complexity index is 748. The number of hydrogen-bond donors (Lipinski definition) is 1. The number of amides is 2. The first-order chi connectivity index (χ1) is 11.7. The van der Waals surface area contributed by atoms with Gasteiger partial charge < -0.3 is 9.42 Å². The van der Waals surface area contributed by atoms with Crippen LogP contribution in [0.25, 0.3) is 0 Å². The van der Waals surface area contributed by atoms with Crippen molar-refractivity contribution in [2.45, 2.75) is 20.0 Å². The SMILES string of the molecule is Cc1cc(NC(=O)N(Cc2ccncc2)Cc2cccnc2)no1. The molecule has 2 amide bonds. The lowest BCUT2D eigenvalue weighted by Gasteiger charge is -2.22. The smallest absolute Gasteiger partial charge is 0.323 e. The first kappa shape index (κ1) is 15.7. The summed E-state index contributed by atoms with van der Waals surface area (Å²) in [7, 11) is 0. The predicted molar refractivity (Wildman–Crippen MR) is 88.0 cm³/mol. The first-order valence-corrected chi connectivity index (χ1v) is 7.48. The number of aromatic nitrogens is 3. The van der Waals surface area contributed by atoms with Gasteiger partial charge in [-0.3, -0.25) is 15.3 Å². The third kappa shape index (κ3) is 4.16. The van der Waals surface area contributed by atoms with Crippen LogP contribution in [0.1, 0.15) is 16.9 Å². The molecule has 3 rings (SSSR count). The minimum absolute atomic E-state index is 0.260. The highest BCUT2D eigenvalue weighted by molar-refractivity contribution is 5.88. The van der Waals surface area contributed by atoms with E-state index in [1.54, 1.807) is 42.7 Å². The number of anilines is 1. The molecule has 0 aliphatic rings. The van der Waals surface area contributed by atoms with E-state index in [9.17, 15) is 4.79 Å². The van der Waals surface area contributed by atoms with Gasteiger partial charge in [0.25, 0.3) is 0 Å². The second kappa shape index (κ2) is 7.36. The van der Waals surface area contributed by atoms with Crippen LogP contribution in [0, 0.1) is 6.92 Å². The molecule has 7 nitrogen and oxygen atoms in total. The van der Waals surface area contributed by atoms with E-state index in [4.69, 9.17) is 4.52 Å². The molecule has 0 aromatic carbocycles. The van der Waals surface area contributed by atoms with Crippen LogP contribution in [0.15, 0.2) is 59.6 Å². The molecule has 0 spiro atoms. The molecule has 0 radical (unpaired) electrons. The highest BCUT2D eigenvalue weighted by Gasteiger charge is 2.16. The van der Waals surface area contributed by atoms with Gasteiger partial charge in [0, 0.05) is 43.9 Å². The third-order valence-corrected chi connectivity index (χ3v) is 3.37. The van der Waals surface area contributed by atoms with Crippen molar-refractivity contribution in [1.29, 1.82) is 0 Å². The van der Waals surface area contributed by atoms with Gasteiger partial charge in [-0.2, -0.15) is 0 Å². The zero-order valence-corrected chi connectivity index (χ0v) is 13.2. The summed E-state index contributed by atoms with van der Waals surface area (Å²) in [5.41, 5.74) is 1.93. The normalized spacial score (nSPS) is 10.4. The Labute approximate surface area is 139 Å². The molecule has 1 N–H and O–H groups in total. The summed E-state index contributed by atoms with van der Waals surface area (Å²) in [6, 6.07) is 8.95. The van der Waals surface area contributed by atoms with Gasteiger partial charge in [-0.1, -0.05) is 11.2 Å². The summed E-state index contributed by atoms with van der Waals surface area (Å²) in [5, 5.41) is 6.55. The molecule has 24 heavy (non-hydrogen) atoms. The third-order valence-electron chi connectivity index (χ3n) is 3.37. The van der Waals surface area contributed by atoms with Crippen LogP contribution in [-0.2, 0) is 13.1 Å². The molecule has 0 saturated heterocycles. The molecule has 3 heterocycles. The molecule has 0 atom stereocenters. The molecule has 0 unspecified atom stereocenters. The molecule has 0 saturated carbocycles. The van der Waals surface area contributed by atoms with Crippen LogP contribution in [0.3, 0.4) is 0 Å². The molecule has 0 aliphatic heterocycles. The number of rotatable bonds is 5. The van der Waals surface area contributed by atoms with Crippen molar-refractivity contribution in [3.63, 3.8) is 0 Å². The van der Waals surface area contributed by atoms with Crippen molar-refractivity contribution in [3.05, 3.63) is 72.0 Å². The highest BCUT2D eigenvalue weighted by Crippen LogP contribution is 2.13. The fraction of sp³-hybridized carbons (Fsp3) is 0.176. The number of aryl methyl sites for hydroxylation is 1. The minimum atomic E-state index is -0.260. The molecule has 3 aromatic rings. The number of nitrogens with one attached hydrogen (secondary N) is 1. The van der Waals surface area contributed by atoms with Gasteiger partial charge in [0.1, 0.15) is 5.76 Å². The van der Waals surface area contributed by atoms with Gasteiger partial charge in [0.05, 0.1) is 0 Å². The molecule has 122 valence electrons. The van der Waals surface area contributed by atoms with Gasteiger partial charge in [0.2, 0.25) is 0 Å². The lowest BCUT2D eigenvalue weighted by Crippen LogP contribution is -2.34. The number of carbonyl (C=O) groups excluding carboxylic acids is 1. The molecular weight excluding hydrogens is 306 g/mol. The van der Waals surface area contributed by atoms with Crippen molar-refractivity contribution < 1.29 is 9.32 Å². The quantitative estimate of drug-likeness (QED) is 0.780. The summed E-state index contributed by atoms with van der Waals surface area (Å²) in [6.07, 6.45) is 6.86. The Morgan fingerprint density at radius 2 is 1.92 bits per heavy atom. The van der Waals surface area contributed by atoms with E-state index in [0.717, 1.165) is 11.1 Å². The lowest BCUT2D eigenvalue weighted by molar-refractivity contribution is 0.206. The highest BCUT2D eigenvalue weighted by atomic mass is 16.5. The van der Waals surface area contributed by atoms with Crippen molar-refractivity contribution >= 4 is 11.8 Å². The average Bonchev–Trinajstić information content (AvgIpc) is 3.01. The zero-order chi connectivity index (χ0) is 16.8. The van der Waals surface area contributed by atoms with E-state index in [2.05, 4.69) is 20.4 Å². The van der Waals surface area contributed by atoms with E-state index in [0.29, 0.717) is 24.7 Å². The van der Waals surface area contributed by atoms with Gasteiger partial charge in [0.15, 0.2) is 5.82 Å². The Hall–Kier alpha value is -3.22. The topological polar surface area (TPSA) is 84.2 Å². The maximum absolute atomic E-state index is 12.6. The van der Waals surface area contributed by atoms with Crippen LogP contribution in [0.4, 0.5) is 10.6 Å². The van der Waals surface area contributed by atoms with E-state index in [1.807, 2.05) is 24.3 Å². The van der Waals surface area contributed by atoms with E-state index >= 15 is 0 Å². The van der Waals surface area contributed by atoms with E-state index in [1.165, 1.54) is 0 Å². The maximum atomic E-state index is 12.6. The molecule has 7 heteroatoms. The Kier molecular flexibility index (Phi) is 4.81. The summed E-state index contributed by atoms with van der Waals surface area (Å²) < 4.78 is 4.98. The van der Waals surface area contributed by atoms with Crippen molar-refractivity contribution in [2.75, 3.05) is 5.32 Å². The van der Waals surface area contributed by atoms with Gasteiger partial charge >= 0.3 is 6.03 Å². The van der Waals surface area contributed by atoms with Crippen LogP contribution < -0.4 is 5.32 Å². The number of carbonyl (C=O) groups is 1. The first-order valence-electron chi connectivity index (χ1n) is 7.48. The fourth-order valence-electron chi connectivity index (χ4n) is 2.23. The molecule has 0 fully saturated rings. The summed E-state index contributed by atoms with van der Waals surface area (Å²) in [6.45, 7) is 2.64. The van der Waals surface area contributed by atoms with E-state index in [-0.39, 0.29) is 6.03 Å². The standard InChI is InChI=1S/C17H17N5O2/c1-13-9-16(21-24-13)20-17(23)22(11-14-4-7-18-8-5-14)12-15-3-2-6-19-10-15/h2-10H,11-12H2,1H3,(H,20,21,23). The number of hydrogen-bond acceptors (Lipinski definition) is 5. The Balaban J connectivity index is 1.76. The van der Waals surface area contributed by atoms with Gasteiger partial charge in [-0.15, -0.1) is 0 Å². The predicted octanol–water partition coefficient (Wildman–Crippen LogP) is 3.01. The summed E-state index contributed by atoms with van der Waals surface area (Å²) in [5.74, 6) is 1.03. The molecule has 0 aliphatic carbocycles. The molecule has 0 bridgehead atoms. The zero-order valence-electron chi connectivity index (χ0n) is 13.2. The molecule has 3 aromatic heterocycles. The lowest BCUT2D eigenvalue weighted by atomic mass is 10.2. The monoisotopic (exact) mass is 323 g/mol. The summed E-state index contributed by atoms with van der Waals surface area (Å²) >= 11 is 0. The van der Waals surface area contributed by atoms with Crippen molar-refractivity contribution in [2.24, 2.45) is 0 Å². The average molecular weight is 323 g/mol. The van der Waals surface area contributed by atoms with Gasteiger partial charge in [-0.05, 0) is 36.2 Å². The van der Waals surface area contributed by atoms with Crippen LogP contribution in [-0.4, -0.2) is 26.1 Å². The van der Waals surface area contributed by atoms with E-state index < -0.39 is 0 Å². The summed E-state index contributed by atoms with van der Waals surface area (Å²) in [4.78, 5) is 22.4. The fourth-order valence-corrected chi connectivity index (χ4v) is 2.23. The maximum Gasteiger partial charge on any atom is 0.323 e. The van der Waals surface area contributed by atoms with Crippen LogP contribution in [0.5, 0.6) is 0 Å². The minimum Gasteiger partial charge on any atom is -0.360 e. The second-order valence-corrected chi connectivity index (χ2v) is 5.33.